The van der Waals surface area contributed by atoms with Crippen molar-refractivity contribution in [2.45, 2.75) is 18.7 Å². The van der Waals surface area contributed by atoms with E-state index in [0.29, 0.717) is 0 Å². The molecular weight excluding hydrogens is 218 g/mol. The molecule has 6 nitrogen and oxygen atoms in total. The topological polar surface area (TPSA) is 109 Å². The number of nitrogens with one attached hydrogen (secondary N) is 1. The Morgan fingerprint density at radius 1 is 1.46 bits per heavy atom. The molecule has 0 aliphatic rings. The van der Waals surface area contributed by atoms with Crippen LogP contribution in [0.5, 0.6) is 0 Å². The molecule has 8 heteroatoms. The summed E-state index contributed by atoms with van der Waals surface area (Å²) in [6.45, 7) is 1.54. The Labute approximate surface area is 80.7 Å². The minimum Gasteiger partial charge on any atom is -0.772 e. The molecule has 0 aromatic rings. The third-order valence-corrected chi connectivity index (χ3v) is 2.73. The Morgan fingerprint density at radius 3 is 2.31 bits per heavy atom. The van der Waals surface area contributed by atoms with Crippen LogP contribution in [0.25, 0.3) is 0 Å². The van der Waals surface area contributed by atoms with Gasteiger partial charge in [0, 0.05) is 12.2 Å². The molecular formula is C5H9NO5S2-2. The summed E-state index contributed by atoms with van der Waals surface area (Å²) in [5, 5.41) is 0.697. The van der Waals surface area contributed by atoms with Crippen molar-refractivity contribution in [2.24, 2.45) is 0 Å². The Kier molecular flexibility index (Phi) is 6.04. The first-order valence-corrected chi connectivity index (χ1v) is 5.78. The van der Waals surface area contributed by atoms with Crippen LogP contribution in [-0.2, 0) is 27.0 Å². The van der Waals surface area contributed by atoms with Crippen LogP contribution in [0.2, 0.25) is 0 Å². The molecule has 13 heavy (non-hydrogen) atoms. The predicted molar refractivity (Wildman–Crippen MR) is 44.9 cm³/mol. The van der Waals surface area contributed by atoms with Crippen molar-refractivity contribution in [3.8, 4) is 0 Å². The summed E-state index contributed by atoms with van der Waals surface area (Å²) in [7, 11) is 0. The zero-order chi connectivity index (χ0) is 10.4. The summed E-state index contributed by atoms with van der Waals surface area (Å²) in [5.74, 6) is -1.12. The summed E-state index contributed by atoms with van der Waals surface area (Å²) in [5.41, 5.74) is 0. The Bertz CT molecular complexity index is 231. The molecule has 3 unspecified atom stereocenters. The van der Waals surface area contributed by atoms with E-state index in [2.05, 4.69) is 5.32 Å². The van der Waals surface area contributed by atoms with E-state index in [1.54, 1.807) is 0 Å². The van der Waals surface area contributed by atoms with Gasteiger partial charge in [-0.25, -0.2) is 0 Å². The van der Waals surface area contributed by atoms with E-state index < -0.39 is 39.2 Å². The molecule has 0 rings (SSSR count). The number of rotatable bonds is 5. The van der Waals surface area contributed by atoms with Crippen molar-refractivity contribution in [1.82, 2.24) is 5.32 Å². The number of hydrogen-bond donors (Lipinski definition) is 1. The van der Waals surface area contributed by atoms with Crippen LogP contribution in [0.3, 0.4) is 0 Å². The minimum absolute atomic E-state index is 0.110. The van der Waals surface area contributed by atoms with Crippen molar-refractivity contribution < 1.29 is 22.3 Å². The fraction of sp³-hybridized carbons (Fsp3) is 0.800. The fourth-order valence-electron chi connectivity index (χ4n) is 0.551. The Balaban J connectivity index is 4.18. The van der Waals surface area contributed by atoms with Crippen LogP contribution < -0.4 is 5.32 Å². The summed E-state index contributed by atoms with van der Waals surface area (Å²) in [4.78, 5) is 10.7. The summed E-state index contributed by atoms with van der Waals surface area (Å²) in [6, 6.07) is 0. The third-order valence-electron chi connectivity index (χ3n) is 1.16. The van der Waals surface area contributed by atoms with Crippen molar-refractivity contribution in [3.05, 3.63) is 0 Å². The van der Waals surface area contributed by atoms with E-state index in [1.807, 2.05) is 0 Å². The van der Waals surface area contributed by atoms with Crippen LogP contribution in [0.4, 0.5) is 0 Å². The van der Waals surface area contributed by atoms with Crippen molar-refractivity contribution in [1.29, 1.82) is 0 Å². The molecule has 0 aromatic heterocycles. The van der Waals surface area contributed by atoms with Gasteiger partial charge in [-0.05, 0) is 11.1 Å². The summed E-state index contributed by atoms with van der Waals surface area (Å²) in [6.07, 6.45) is 0.110. The molecule has 0 spiro atoms. The van der Waals surface area contributed by atoms with Crippen molar-refractivity contribution in [2.75, 3.05) is 5.75 Å². The maximum Gasteiger partial charge on any atom is 0.220 e. The Hall–Kier alpha value is -0.310. The summed E-state index contributed by atoms with van der Waals surface area (Å²) >= 11 is -5.11. The van der Waals surface area contributed by atoms with Gasteiger partial charge >= 0.3 is 0 Å². The molecule has 0 heterocycles. The van der Waals surface area contributed by atoms with Gasteiger partial charge in [-0.1, -0.05) is 18.0 Å². The van der Waals surface area contributed by atoms with E-state index in [9.17, 15) is 22.3 Å². The van der Waals surface area contributed by atoms with E-state index in [0.717, 1.165) is 0 Å². The zero-order valence-electron chi connectivity index (χ0n) is 6.85. The zero-order valence-corrected chi connectivity index (χ0v) is 8.48. The lowest BCUT2D eigenvalue weighted by Gasteiger charge is -2.21. The molecule has 0 aliphatic heterocycles. The second-order valence-corrected chi connectivity index (χ2v) is 4.17. The van der Waals surface area contributed by atoms with Gasteiger partial charge in [-0.2, -0.15) is 0 Å². The SMILES string of the molecule is CCC(=O)NC(CS(=O)[O-])S(=O)[O-]. The average Bonchev–Trinajstić information content (AvgIpc) is 2.02. The maximum atomic E-state index is 10.7. The van der Waals surface area contributed by atoms with Gasteiger partial charge in [-0.15, -0.1) is 0 Å². The third kappa shape index (κ3) is 5.86. The number of carbonyl (C=O) groups is 1. The van der Waals surface area contributed by atoms with E-state index >= 15 is 0 Å². The molecule has 0 saturated carbocycles. The maximum absolute atomic E-state index is 10.7. The summed E-state index contributed by atoms with van der Waals surface area (Å²) < 4.78 is 41.1. The smallest absolute Gasteiger partial charge is 0.220 e. The molecule has 0 saturated heterocycles. The van der Waals surface area contributed by atoms with E-state index in [-0.39, 0.29) is 6.42 Å². The van der Waals surface area contributed by atoms with Gasteiger partial charge in [-0.3, -0.25) is 13.2 Å². The van der Waals surface area contributed by atoms with Gasteiger partial charge in [0.2, 0.25) is 5.91 Å². The van der Waals surface area contributed by atoms with Gasteiger partial charge in [0.25, 0.3) is 0 Å². The number of carbonyl (C=O) groups excluding carboxylic acids is 1. The molecule has 1 amide bonds. The molecule has 0 fully saturated rings. The average molecular weight is 227 g/mol. The highest BCUT2D eigenvalue weighted by Crippen LogP contribution is 1.93. The largest absolute Gasteiger partial charge is 0.772 e. The normalized spacial score (nSPS) is 17.5. The first-order chi connectivity index (χ1) is 5.97. The first kappa shape index (κ1) is 12.7. The van der Waals surface area contributed by atoms with Crippen LogP contribution in [0.15, 0.2) is 0 Å². The van der Waals surface area contributed by atoms with Crippen molar-refractivity contribution >= 4 is 28.1 Å². The highest BCUT2D eigenvalue weighted by atomic mass is 32.2. The van der Waals surface area contributed by atoms with Crippen LogP contribution >= 0.6 is 0 Å². The molecule has 3 atom stereocenters. The van der Waals surface area contributed by atoms with Gasteiger partial charge in [0.15, 0.2) is 0 Å². The molecule has 78 valence electrons. The second-order valence-electron chi connectivity index (χ2n) is 2.14. The molecule has 0 radical (unpaired) electrons. The van der Waals surface area contributed by atoms with Crippen LogP contribution in [-0.4, -0.2) is 34.6 Å². The molecule has 0 aromatic carbocycles. The fourth-order valence-corrected chi connectivity index (χ4v) is 1.89. The number of amides is 1. The van der Waals surface area contributed by atoms with Gasteiger partial charge in [0.05, 0.1) is 0 Å². The first-order valence-electron chi connectivity index (χ1n) is 3.40. The highest BCUT2D eigenvalue weighted by Gasteiger charge is 2.11. The highest BCUT2D eigenvalue weighted by molar-refractivity contribution is 7.83. The van der Waals surface area contributed by atoms with E-state index in [4.69, 9.17) is 0 Å². The standard InChI is InChI=1S/C5H11NO5S2/c1-2-4(7)6-5(13(10)11)3-12(8)9/h5H,2-3H2,1H3,(H,6,7)(H,8,9)(H,10,11)/p-2. The van der Waals surface area contributed by atoms with Crippen molar-refractivity contribution in [3.63, 3.8) is 0 Å². The minimum atomic E-state index is -2.62. The predicted octanol–water partition coefficient (Wildman–Crippen LogP) is -1.40. The van der Waals surface area contributed by atoms with Gasteiger partial charge < -0.3 is 14.4 Å². The lowest BCUT2D eigenvalue weighted by molar-refractivity contribution is -0.120. The van der Waals surface area contributed by atoms with E-state index in [1.165, 1.54) is 6.92 Å². The Morgan fingerprint density at radius 2 is 2.00 bits per heavy atom. The lowest BCUT2D eigenvalue weighted by Crippen LogP contribution is -2.41. The molecule has 0 bridgehead atoms. The number of hydrogen-bond acceptors (Lipinski definition) is 5. The monoisotopic (exact) mass is 227 g/mol. The second kappa shape index (κ2) is 6.19. The molecule has 1 N–H and O–H groups in total. The van der Waals surface area contributed by atoms with Crippen LogP contribution in [0.1, 0.15) is 13.3 Å². The lowest BCUT2D eigenvalue weighted by atomic mass is 10.4. The molecule has 0 aliphatic carbocycles. The van der Waals surface area contributed by atoms with Crippen LogP contribution in [0, 0.1) is 0 Å². The quantitative estimate of drug-likeness (QED) is 0.581. The van der Waals surface area contributed by atoms with Gasteiger partial charge in [0.1, 0.15) is 5.37 Å².